The van der Waals surface area contributed by atoms with Crippen molar-refractivity contribution in [1.29, 1.82) is 0 Å². The van der Waals surface area contributed by atoms with Crippen molar-refractivity contribution < 1.29 is 4.79 Å². The zero-order valence-electron chi connectivity index (χ0n) is 15.6. The zero-order valence-corrected chi connectivity index (χ0v) is 17.2. The van der Waals surface area contributed by atoms with Crippen LogP contribution in [0.25, 0.3) is 10.2 Å². The fourth-order valence-electron chi connectivity index (χ4n) is 3.43. The van der Waals surface area contributed by atoms with Gasteiger partial charge in [-0.2, -0.15) is 0 Å². The zero-order chi connectivity index (χ0) is 19.7. The number of rotatable bonds is 4. The maximum Gasteiger partial charge on any atom is 0.262 e. The first kappa shape index (κ1) is 19.0. The Kier molecular flexibility index (Phi) is 5.37. The van der Waals surface area contributed by atoms with Crippen LogP contribution in [0.4, 0.5) is 5.69 Å². The molecule has 1 fully saturated rings. The van der Waals surface area contributed by atoms with Crippen LogP contribution in [0.1, 0.15) is 11.8 Å². The normalized spacial score (nSPS) is 14.6. The Balaban J connectivity index is 1.43. The fourth-order valence-corrected chi connectivity index (χ4v) is 4.54. The number of piperazine rings is 1. The number of hydrogen-bond donors (Lipinski definition) is 0. The predicted molar refractivity (Wildman–Crippen MR) is 114 cm³/mol. The molecule has 0 bridgehead atoms. The molecule has 0 radical (unpaired) electrons. The van der Waals surface area contributed by atoms with Gasteiger partial charge in [-0.1, -0.05) is 24.6 Å². The summed E-state index contributed by atoms with van der Waals surface area (Å²) in [6, 6.07) is 9.63. The van der Waals surface area contributed by atoms with Gasteiger partial charge in [-0.15, -0.1) is 11.3 Å². The summed E-state index contributed by atoms with van der Waals surface area (Å²) >= 11 is 7.60. The standard InChI is InChI=1S/C20H21ClN4O2S/c1-2-16-11-17-19(28-16)22-13-25(20(17)27)12-18(26)24-8-6-23(7-9-24)15-5-3-4-14(21)10-15/h3-5,10-11,13H,2,6-9,12H2,1H3. The van der Waals surface area contributed by atoms with E-state index in [-0.39, 0.29) is 18.0 Å². The number of carbonyl (C=O) groups is 1. The highest BCUT2D eigenvalue weighted by atomic mass is 35.5. The molecule has 28 heavy (non-hydrogen) atoms. The van der Waals surface area contributed by atoms with Crippen LogP contribution in [0.2, 0.25) is 5.02 Å². The van der Waals surface area contributed by atoms with E-state index in [1.165, 1.54) is 22.2 Å². The second-order valence-corrected chi connectivity index (χ2v) is 8.36. The van der Waals surface area contributed by atoms with Gasteiger partial charge >= 0.3 is 0 Å². The SMILES string of the molecule is CCc1cc2c(=O)n(CC(=O)N3CCN(c4cccc(Cl)c4)CC3)cnc2s1. The van der Waals surface area contributed by atoms with Crippen molar-refractivity contribution in [2.75, 3.05) is 31.1 Å². The molecule has 0 atom stereocenters. The summed E-state index contributed by atoms with van der Waals surface area (Å²) in [5, 5.41) is 1.31. The van der Waals surface area contributed by atoms with Gasteiger partial charge in [0.05, 0.1) is 11.7 Å². The Morgan fingerprint density at radius 1 is 1.21 bits per heavy atom. The molecule has 0 spiro atoms. The van der Waals surface area contributed by atoms with Crippen molar-refractivity contribution >= 4 is 44.7 Å². The number of hydrogen-bond acceptors (Lipinski definition) is 5. The van der Waals surface area contributed by atoms with Gasteiger partial charge in [-0.25, -0.2) is 4.98 Å². The number of nitrogens with zero attached hydrogens (tertiary/aromatic N) is 4. The average Bonchev–Trinajstić information content (AvgIpc) is 3.14. The Hall–Kier alpha value is -2.38. The molecule has 146 valence electrons. The number of aromatic nitrogens is 2. The molecular formula is C20H21ClN4O2S. The minimum Gasteiger partial charge on any atom is -0.368 e. The summed E-state index contributed by atoms with van der Waals surface area (Å²) in [4.78, 5) is 35.6. The number of benzene rings is 1. The highest BCUT2D eigenvalue weighted by Gasteiger charge is 2.22. The molecule has 0 saturated carbocycles. The molecule has 6 nitrogen and oxygen atoms in total. The van der Waals surface area contributed by atoms with Crippen LogP contribution in [-0.4, -0.2) is 46.5 Å². The second kappa shape index (κ2) is 7.93. The summed E-state index contributed by atoms with van der Waals surface area (Å²) in [7, 11) is 0. The fraction of sp³-hybridized carbons (Fsp3) is 0.350. The Morgan fingerprint density at radius 2 is 2.00 bits per heavy atom. The van der Waals surface area contributed by atoms with Crippen molar-refractivity contribution in [3.05, 3.63) is 56.9 Å². The van der Waals surface area contributed by atoms with E-state index >= 15 is 0 Å². The lowest BCUT2D eigenvalue weighted by Gasteiger charge is -2.36. The van der Waals surface area contributed by atoms with Crippen molar-refractivity contribution in [3.8, 4) is 0 Å². The average molecular weight is 417 g/mol. The quantitative estimate of drug-likeness (QED) is 0.656. The molecule has 1 amide bonds. The number of anilines is 1. The maximum atomic E-state index is 12.7. The molecular weight excluding hydrogens is 396 g/mol. The molecule has 0 unspecified atom stereocenters. The van der Waals surface area contributed by atoms with E-state index in [0.29, 0.717) is 23.5 Å². The molecule has 2 aromatic heterocycles. The minimum absolute atomic E-state index is 0.0241. The number of thiophene rings is 1. The van der Waals surface area contributed by atoms with Crippen LogP contribution in [0.15, 0.2) is 41.5 Å². The molecule has 1 aromatic carbocycles. The summed E-state index contributed by atoms with van der Waals surface area (Å²) < 4.78 is 1.42. The molecule has 1 aliphatic heterocycles. The van der Waals surface area contributed by atoms with E-state index in [4.69, 9.17) is 11.6 Å². The third-order valence-electron chi connectivity index (χ3n) is 5.03. The summed E-state index contributed by atoms with van der Waals surface area (Å²) in [6.07, 6.45) is 2.36. The maximum absolute atomic E-state index is 12.7. The van der Waals surface area contributed by atoms with Crippen molar-refractivity contribution in [2.45, 2.75) is 19.9 Å². The van der Waals surface area contributed by atoms with Gasteiger partial charge in [-0.3, -0.25) is 14.2 Å². The third-order valence-corrected chi connectivity index (χ3v) is 6.45. The molecule has 3 aromatic rings. The van der Waals surface area contributed by atoms with E-state index < -0.39 is 0 Å². The molecule has 0 N–H and O–H groups in total. The lowest BCUT2D eigenvalue weighted by Crippen LogP contribution is -2.50. The summed E-state index contributed by atoms with van der Waals surface area (Å²) in [5.41, 5.74) is 0.918. The van der Waals surface area contributed by atoms with Gasteiger partial charge in [-0.05, 0) is 30.7 Å². The third kappa shape index (κ3) is 3.77. The van der Waals surface area contributed by atoms with E-state index in [9.17, 15) is 9.59 Å². The molecule has 1 saturated heterocycles. The van der Waals surface area contributed by atoms with Gasteiger partial charge in [0.25, 0.3) is 5.56 Å². The molecule has 4 rings (SSSR count). The second-order valence-electron chi connectivity index (χ2n) is 6.81. The molecule has 0 aliphatic carbocycles. The largest absolute Gasteiger partial charge is 0.368 e. The van der Waals surface area contributed by atoms with Gasteiger partial charge in [0.2, 0.25) is 5.91 Å². The lowest BCUT2D eigenvalue weighted by atomic mass is 10.2. The van der Waals surface area contributed by atoms with Crippen LogP contribution in [0.3, 0.4) is 0 Å². The Labute approximate surface area is 172 Å². The van der Waals surface area contributed by atoms with E-state index in [2.05, 4.69) is 16.8 Å². The highest BCUT2D eigenvalue weighted by molar-refractivity contribution is 7.18. The number of halogens is 1. The highest BCUT2D eigenvalue weighted by Crippen LogP contribution is 2.22. The number of fused-ring (bicyclic) bond motifs is 1. The van der Waals surface area contributed by atoms with Gasteiger partial charge in [0, 0.05) is 41.8 Å². The van der Waals surface area contributed by atoms with Gasteiger partial charge in [0.15, 0.2) is 0 Å². The van der Waals surface area contributed by atoms with Crippen LogP contribution in [-0.2, 0) is 17.8 Å². The van der Waals surface area contributed by atoms with Crippen molar-refractivity contribution in [3.63, 3.8) is 0 Å². The first-order valence-corrected chi connectivity index (χ1v) is 10.5. The number of aryl methyl sites for hydroxylation is 1. The monoisotopic (exact) mass is 416 g/mol. The number of amides is 1. The first-order valence-electron chi connectivity index (χ1n) is 9.31. The van der Waals surface area contributed by atoms with Crippen molar-refractivity contribution in [2.24, 2.45) is 0 Å². The molecule has 8 heteroatoms. The van der Waals surface area contributed by atoms with E-state index in [1.54, 1.807) is 0 Å². The topological polar surface area (TPSA) is 58.4 Å². The van der Waals surface area contributed by atoms with Gasteiger partial charge < -0.3 is 9.80 Å². The van der Waals surface area contributed by atoms with Crippen LogP contribution in [0, 0.1) is 0 Å². The van der Waals surface area contributed by atoms with E-state index in [0.717, 1.165) is 34.9 Å². The Morgan fingerprint density at radius 3 is 2.71 bits per heavy atom. The predicted octanol–water partition coefficient (Wildman–Crippen LogP) is 3.02. The smallest absolute Gasteiger partial charge is 0.262 e. The first-order chi connectivity index (χ1) is 13.5. The van der Waals surface area contributed by atoms with Crippen molar-refractivity contribution in [1.82, 2.24) is 14.5 Å². The van der Waals surface area contributed by atoms with Crippen LogP contribution in [0.5, 0.6) is 0 Å². The minimum atomic E-state index is -0.146. The van der Waals surface area contributed by atoms with Gasteiger partial charge in [0.1, 0.15) is 11.4 Å². The van der Waals surface area contributed by atoms with Crippen LogP contribution >= 0.6 is 22.9 Å². The van der Waals surface area contributed by atoms with E-state index in [1.807, 2.05) is 35.2 Å². The Bertz CT molecular complexity index is 1070. The lowest BCUT2D eigenvalue weighted by molar-refractivity contribution is -0.132. The molecule has 1 aliphatic rings. The van der Waals surface area contributed by atoms with Crippen LogP contribution < -0.4 is 10.5 Å². The summed E-state index contributed by atoms with van der Waals surface area (Å²) in [6.45, 7) is 4.79. The summed E-state index contributed by atoms with van der Waals surface area (Å²) in [5.74, 6) is -0.0556. The molecule has 3 heterocycles. The number of carbonyl (C=O) groups excluding carboxylic acids is 1.